The van der Waals surface area contributed by atoms with E-state index in [1.165, 1.54) is 25.7 Å². The lowest BCUT2D eigenvalue weighted by molar-refractivity contribution is 0.0363. The van der Waals surface area contributed by atoms with Crippen molar-refractivity contribution in [1.29, 1.82) is 0 Å². The van der Waals surface area contributed by atoms with E-state index in [4.69, 9.17) is 4.74 Å². The van der Waals surface area contributed by atoms with E-state index >= 15 is 0 Å². The van der Waals surface area contributed by atoms with Gasteiger partial charge in [0.15, 0.2) is 0 Å². The highest BCUT2D eigenvalue weighted by atomic mass is 16.5. The molecule has 1 nitrogen and oxygen atoms in total. The predicted molar refractivity (Wildman–Crippen MR) is 50.0 cm³/mol. The number of hydrogen-bond acceptors (Lipinski definition) is 1. The van der Waals surface area contributed by atoms with Crippen molar-refractivity contribution in [1.82, 2.24) is 0 Å². The van der Waals surface area contributed by atoms with Gasteiger partial charge in [-0.25, -0.2) is 0 Å². The zero-order valence-electron chi connectivity index (χ0n) is 8.25. The maximum atomic E-state index is 5.68. The van der Waals surface area contributed by atoms with Crippen LogP contribution >= 0.6 is 0 Å². The summed E-state index contributed by atoms with van der Waals surface area (Å²) >= 11 is 0. The summed E-state index contributed by atoms with van der Waals surface area (Å²) in [6, 6.07) is 0. The third-order valence-corrected chi connectivity index (χ3v) is 3.53. The SMILES string of the molecule is CC(C)OC[C@H]1CC2CCC1C2. The molecule has 2 unspecified atom stereocenters. The maximum Gasteiger partial charge on any atom is 0.0519 e. The fourth-order valence-corrected chi connectivity index (χ4v) is 2.90. The Labute approximate surface area is 75.5 Å². The highest BCUT2D eigenvalue weighted by molar-refractivity contribution is 4.89. The molecule has 0 aliphatic heterocycles. The lowest BCUT2D eigenvalue weighted by atomic mass is 9.89. The molecule has 0 radical (unpaired) electrons. The average Bonchev–Trinajstić information content (AvgIpc) is 2.60. The Morgan fingerprint density at radius 3 is 2.58 bits per heavy atom. The number of ether oxygens (including phenoxy) is 1. The van der Waals surface area contributed by atoms with Crippen molar-refractivity contribution < 1.29 is 4.74 Å². The topological polar surface area (TPSA) is 9.23 Å². The van der Waals surface area contributed by atoms with Crippen LogP contribution in [-0.2, 0) is 4.74 Å². The van der Waals surface area contributed by atoms with Gasteiger partial charge in [-0.15, -0.1) is 0 Å². The minimum Gasteiger partial charge on any atom is -0.378 e. The molecular formula is C11H20O. The second kappa shape index (κ2) is 3.37. The van der Waals surface area contributed by atoms with Gasteiger partial charge in [0, 0.05) is 0 Å². The lowest BCUT2D eigenvalue weighted by Crippen LogP contribution is -2.19. The summed E-state index contributed by atoms with van der Waals surface area (Å²) in [5.74, 6) is 3.00. The molecule has 2 fully saturated rings. The van der Waals surface area contributed by atoms with Crippen LogP contribution in [0.15, 0.2) is 0 Å². The van der Waals surface area contributed by atoms with E-state index in [0.29, 0.717) is 6.10 Å². The molecule has 0 N–H and O–H groups in total. The molecule has 2 saturated carbocycles. The van der Waals surface area contributed by atoms with Gasteiger partial charge < -0.3 is 4.74 Å². The first-order chi connectivity index (χ1) is 5.75. The molecule has 0 aromatic carbocycles. The molecule has 2 rings (SSSR count). The summed E-state index contributed by atoms with van der Waals surface area (Å²) in [5, 5.41) is 0. The molecule has 3 atom stereocenters. The molecule has 0 spiro atoms. The van der Waals surface area contributed by atoms with Gasteiger partial charge >= 0.3 is 0 Å². The molecule has 70 valence electrons. The van der Waals surface area contributed by atoms with E-state index in [0.717, 1.165) is 24.4 Å². The van der Waals surface area contributed by atoms with Crippen molar-refractivity contribution in [2.75, 3.05) is 6.61 Å². The Morgan fingerprint density at radius 1 is 1.25 bits per heavy atom. The lowest BCUT2D eigenvalue weighted by Gasteiger charge is -2.22. The normalized spacial score (nSPS) is 39.8. The fraction of sp³-hybridized carbons (Fsp3) is 1.00. The smallest absolute Gasteiger partial charge is 0.0519 e. The minimum absolute atomic E-state index is 0.420. The van der Waals surface area contributed by atoms with Gasteiger partial charge in [-0.1, -0.05) is 6.42 Å². The first kappa shape index (κ1) is 8.55. The second-order valence-corrected chi connectivity index (χ2v) is 4.82. The van der Waals surface area contributed by atoms with Crippen molar-refractivity contribution in [2.45, 2.75) is 45.6 Å². The zero-order valence-corrected chi connectivity index (χ0v) is 8.25. The molecule has 12 heavy (non-hydrogen) atoms. The van der Waals surface area contributed by atoms with Crippen molar-refractivity contribution in [3.8, 4) is 0 Å². The molecule has 0 aromatic rings. The third kappa shape index (κ3) is 1.66. The third-order valence-electron chi connectivity index (χ3n) is 3.53. The predicted octanol–water partition coefficient (Wildman–Crippen LogP) is 2.85. The molecular weight excluding hydrogens is 148 g/mol. The summed E-state index contributed by atoms with van der Waals surface area (Å²) in [6.07, 6.45) is 6.37. The second-order valence-electron chi connectivity index (χ2n) is 4.82. The van der Waals surface area contributed by atoms with Gasteiger partial charge in [0.2, 0.25) is 0 Å². The molecule has 0 heterocycles. The van der Waals surface area contributed by atoms with E-state index in [2.05, 4.69) is 13.8 Å². The molecule has 0 amide bonds. The van der Waals surface area contributed by atoms with E-state index in [1.807, 2.05) is 0 Å². The summed E-state index contributed by atoms with van der Waals surface area (Å²) in [4.78, 5) is 0. The Hall–Kier alpha value is -0.0400. The van der Waals surface area contributed by atoms with Crippen LogP contribution in [0.25, 0.3) is 0 Å². The van der Waals surface area contributed by atoms with Crippen molar-refractivity contribution in [2.24, 2.45) is 17.8 Å². The Bertz CT molecular complexity index is 153. The summed E-state index contributed by atoms with van der Waals surface area (Å²) in [6.45, 7) is 5.29. The van der Waals surface area contributed by atoms with Crippen LogP contribution in [0.4, 0.5) is 0 Å². The molecule has 2 aliphatic carbocycles. The van der Waals surface area contributed by atoms with E-state index in [1.54, 1.807) is 0 Å². The van der Waals surface area contributed by atoms with Crippen LogP contribution in [0.2, 0.25) is 0 Å². The summed E-state index contributed by atoms with van der Waals surface area (Å²) < 4.78 is 5.68. The van der Waals surface area contributed by atoms with Crippen LogP contribution in [0.5, 0.6) is 0 Å². The Balaban J connectivity index is 1.76. The van der Waals surface area contributed by atoms with E-state index < -0.39 is 0 Å². The highest BCUT2D eigenvalue weighted by Gasteiger charge is 2.39. The van der Waals surface area contributed by atoms with Crippen molar-refractivity contribution >= 4 is 0 Å². The number of rotatable bonds is 3. The van der Waals surface area contributed by atoms with Crippen LogP contribution < -0.4 is 0 Å². The van der Waals surface area contributed by atoms with Crippen LogP contribution in [-0.4, -0.2) is 12.7 Å². The first-order valence-electron chi connectivity index (χ1n) is 5.37. The van der Waals surface area contributed by atoms with Gasteiger partial charge in [0.25, 0.3) is 0 Å². The minimum atomic E-state index is 0.420. The molecule has 0 saturated heterocycles. The monoisotopic (exact) mass is 168 g/mol. The molecule has 2 bridgehead atoms. The maximum absolute atomic E-state index is 5.68. The largest absolute Gasteiger partial charge is 0.378 e. The number of fused-ring (bicyclic) bond motifs is 2. The molecule has 1 heteroatoms. The molecule has 2 aliphatic rings. The van der Waals surface area contributed by atoms with Crippen LogP contribution in [0, 0.1) is 17.8 Å². The van der Waals surface area contributed by atoms with Gasteiger partial charge in [-0.05, 0) is 50.9 Å². The van der Waals surface area contributed by atoms with Gasteiger partial charge in [-0.3, -0.25) is 0 Å². The molecule has 0 aromatic heterocycles. The van der Waals surface area contributed by atoms with Gasteiger partial charge in [0.05, 0.1) is 12.7 Å². The van der Waals surface area contributed by atoms with Gasteiger partial charge in [-0.2, -0.15) is 0 Å². The average molecular weight is 168 g/mol. The first-order valence-corrected chi connectivity index (χ1v) is 5.37. The van der Waals surface area contributed by atoms with Crippen LogP contribution in [0.3, 0.4) is 0 Å². The Morgan fingerprint density at radius 2 is 2.08 bits per heavy atom. The Kier molecular flexibility index (Phi) is 2.40. The van der Waals surface area contributed by atoms with Crippen LogP contribution in [0.1, 0.15) is 39.5 Å². The van der Waals surface area contributed by atoms with Crippen molar-refractivity contribution in [3.05, 3.63) is 0 Å². The van der Waals surface area contributed by atoms with Crippen molar-refractivity contribution in [3.63, 3.8) is 0 Å². The summed E-state index contributed by atoms with van der Waals surface area (Å²) in [5.41, 5.74) is 0. The fourth-order valence-electron chi connectivity index (χ4n) is 2.90. The highest BCUT2D eigenvalue weighted by Crippen LogP contribution is 2.48. The summed E-state index contributed by atoms with van der Waals surface area (Å²) in [7, 11) is 0. The quantitative estimate of drug-likeness (QED) is 0.629. The standard InChI is InChI=1S/C11H20O/c1-8(2)12-7-11-6-9-3-4-10(11)5-9/h8-11H,3-7H2,1-2H3/t9?,10?,11-/m1/s1. The van der Waals surface area contributed by atoms with E-state index in [9.17, 15) is 0 Å². The number of hydrogen-bond donors (Lipinski definition) is 0. The zero-order chi connectivity index (χ0) is 8.55. The van der Waals surface area contributed by atoms with E-state index in [-0.39, 0.29) is 0 Å². The van der Waals surface area contributed by atoms with Gasteiger partial charge in [0.1, 0.15) is 0 Å².